The molecule has 210 valence electrons. The summed E-state index contributed by atoms with van der Waals surface area (Å²) < 4.78 is 2.46. The van der Waals surface area contributed by atoms with E-state index in [1.807, 2.05) is 0 Å². The highest BCUT2D eigenvalue weighted by Crippen LogP contribution is 2.14. The Labute approximate surface area is 238 Å². The largest absolute Gasteiger partial charge is 1.00 e. The lowest BCUT2D eigenvalue weighted by molar-refractivity contribution is -0.891. The van der Waals surface area contributed by atoms with Gasteiger partial charge in [0.15, 0.2) is 0 Å². The fourth-order valence-electron chi connectivity index (χ4n) is 5.00. The molecular weight excluding hydrogens is 548 g/mol. The summed E-state index contributed by atoms with van der Waals surface area (Å²) >= 11 is 0. The summed E-state index contributed by atoms with van der Waals surface area (Å²) in [5.41, 5.74) is 0. The normalized spacial score (nSPS) is 11.8. The lowest BCUT2D eigenvalue weighted by Gasteiger charge is -2.31. The van der Waals surface area contributed by atoms with E-state index in [0.717, 1.165) is 0 Å². The second kappa shape index (κ2) is 26.9. The third-order valence-corrected chi connectivity index (χ3v) is 7.51. The van der Waals surface area contributed by atoms with Crippen LogP contribution < -0.4 is 34.0 Å². The molecule has 0 spiro atoms. The zero-order valence-corrected chi connectivity index (χ0v) is 27.8. The van der Waals surface area contributed by atoms with Gasteiger partial charge in [0.2, 0.25) is 0 Å². The number of halogens is 2. The summed E-state index contributed by atoms with van der Waals surface area (Å²) in [5.74, 6) is 0. The van der Waals surface area contributed by atoms with Gasteiger partial charge in [-0.3, -0.25) is 0 Å². The summed E-state index contributed by atoms with van der Waals surface area (Å²) in [4.78, 5) is 0. The fourth-order valence-corrected chi connectivity index (χ4v) is 5.00. The lowest BCUT2D eigenvalue weighted by Crippen LogP contribution is -3.00. The van der Waals surface area contributed by atoms with Gasteiger partial charge >= 0.3 is 0 Å². The highest BCUT2D eigenvalue weighted by atomic mass is 79.9. The first-order valence-electron chi connectivity index (χ1n) is 15.0. The smallest absolute Gasteiger partial charge is 0.0782 e. The Morgan fingerprint density at radius 1 is 0.294 bits per heavy atom. The number of nitrogens with zero attached hydrogens (tertiary/aromatic N) is 2. The van der Waals surface area contributed by atoms with Crippen LogP contribution in [0.4, 0.5) is 0 Å². The van der Waals surface area contributed by atoms with Gasteiger partial charge in [0, 0.05) is 0 Å². The molecule has 0 fully saturated rings. The Morgan fingerprint density at radius 2 is 0.471 bits per heavy atom. The van der Waals surface area contributed by atoms with Gasteiger partial charge in [-0.05, 0) is 51.4 Å². The van der Waals surface area contributed by atoms with Crippen molar-refractivity contribution in [3.8, 4) is 0 Å². The molecule has 0 aliphatic rings. The quantitative estimate of drug-likeness (QED) is 0.110. The first-order valence-corrected chi connectivity index (χ1v) is 15.0. The van der Waals surface area contributed by atoms with Crippen LogP contribution in [0.1, 0.15) is 142 Å². The molecule has 0 aliphatic carbocycles. The molecule has 0 saturated heterocycles. The molecule has 0 radical (unpaired) electrons. The molecular formula is C30H66Br2N2. The number of quaternary nitrogens is 2. The van der Waals surface area contributed by atoms with Gasteiger partial charge in [0.25, 0.3) is 0 Å². The molecule has 4 heteroatoms. The average molecular weight is 615 g/mol. The van der Waals surface area contributed by atoms with E-state index >= 15 is 0 Å². The van der Waals surface area contributed by atoms with Crippen LogP contribution in [0.3, 0.4) is 0 Å². The molecule has 0 atom stereocenters. The molecule has 0 N–H and O–H groups in total. The van der Waals surface area contributed by atoms with Crippen LogP contribution >= 0.6 is 0 Å². The molecule has 0 unspecified atom stereocenters. The van der Waals surface area contributed by atoms with Crippen molar-refractivity contribution in [3.63, 3.8) is 0 Å². The first kappa shape index (κ1) is 39.4. The topological polar surface area (TPSA) is 0 Å². The van der Waals surface area contributed by atoms with E-state index in [9.17, 15) is 0 Å². The minimum absolute atomic E-state index is 0. The molecule has 0 aromatic heterocycles. The zero-order chi connectivity index (χ0) is 24.0. The second-order valence-electron chi connectivity index (χ2n) is 12.1. The lowest BCUT2D eigenvalue weighted by atomic mass is 10.1. The number of unbranched alkanes of at least 4 members (excludes halogenated alkanes) is 17. The predicted molar refractivity (Wildman–Crippen MR) is 147 cm³/mol. The van der Waals surface area contributed by atoms with Crippen molar-refractivity contribution in [3.05, 3.63) is 0 Å². The predicted octanol–water partition coefficient (Wildman–Crippen LogP) is 2.99. The highest BCUT2D eigenvalue weighted by molar-refractivity contribution is 4.49. The van der Waals surface area contributed by atoms with Crippen LogP contribution in [-0.2, 0) is 0 Å². The Hall–Kier alpha value is 0.880. The Morgan fingerprint density at radius 3 is 0.676 bits per heavy atom. The maximum Gasteiger partial charge on any atom is 0.0782 e. The minimum Gasteiger partial charge on any atom is -1.00 e. The van der Waals surface area contributed by atoms with E-state index in [0.29, 0.717) is 0 Å². The molecule has 0 rings (SSSR count). The maximum atomic E-state index is 2.45. The average Bonchev–Trinajstić information content (AvgIpc) is 2.74. The third-order valence-electron chi connectivity index (χ3n) is 7.51. The van der Waals surface area contributed by atoms with Gasteiger partial charge in [0.1, 0.15) is 0 Å². The van der Waals surface area contributed by atoms with Crippen molar-refractivity contribution >= 4 is 0 Å². The van der Waals surface area contributed by atoms with E-state index in [4.69, 9.17) is 0 Å². The van der Waals surface area contributed by atoms with Crippen molar-refractivity contribution < 1.29 is 42.9 Å². The van der Waals surface area contributed by atoms with Gasteiger partial charge < -0.3 is 42.9 Å². The number of hydrogen-bond acceptors (Lipinski definition) is 0. The van der Waals surface area contributed by atoms with E-state index in [-0.39, 0.29) is 34.0 Å². The SMILES string of the molecule is CCCCCCCCCC[N+](C)(C)CCCCCC[N+](C)(C)CCCCCCCCCC.[Br-].[Br-]. The molecule has 0 amide bonds. The molecule has 0 aliphatic heterocycles. The van der Waals surface area contributed by atoms with Crippen molar-refractivity contribution in [1.29, 1.82) is 0 Å². The summed E-state index contributed by atoms with van der Waals surface area (Å²) in [6, 6.07) is 0. The Bertz CT molecular complexity index is 350. The molecule has 0 saturated carbocycles. The fraction of sp³-hybridized carbons (Fsp3) is 1.00. The maximum absolute atomic E-state index is 2.45. The van der Waals surface area contributed by atoms with E-state index in [2.05, 4.69) is 42.0 Å². The molecule has 0 bridgehead atoms. The second-order valence-corrected chi connectivity index (χ2v) is 12.1. The summed E-state index contributed by atoms with van der Waals surface area (Å²) in [6.45, 7) is 10.1. The van der Waals surface area contributed by atoms with Gasteiger partial charge in [0.05, 0.1) is 54.4 Å². The van der Waals surface area contributed by atoms with Crippen LogP contribution in [-0.4, -0.2) is 63.3 Å². The van der Waals surface area contributed by atoms with Crippen LogP contribution in [0.2, 0.25) is 0 Å². The van der Waals surface area contributed by atoms with Crippen LogP contribution in [0.25, 0.3) is 0 Å². The highest BCUT2D eigenvalue weighted by Gasteiger charge is 2.15. The zero-order valence-electron chi connectivity index (χ0n) is 24.6. The summed E-state index contributed by atoms with van der Waals surface area (Å²) in [7, 11) is 9.80. The standard InChI is InChI=1S/C30H66N2.2BrH/c1-7-9-11-13-15-17-19-23-27-31(3,4)29-25-21-22-26-30-32(5,6)28-24-20-18-16-14-12-10-8-2;;/h7-30H2,1-6H3;2*1H/q+2;;/p-2. The van der Waals surface area contributed by atoms with Gasteiger partial charge in [-0.2, -0.15) is 0 Å². The van der Waals surface area contributed by atoms with Crippen molar-refractivity contribution in [1.82, 2.24) is 0 Å². The van der Waals surface area contributed by atoms with Crippen LogP contribution in [0.5, 0.6) is 0 Å². The molecule has 2 nitrogen and oxygen atoms in total. The summed E-state index contributed by atoms with van der Waals surface area (Å²) in [6.07, 6.45) is 28.6. The van der Waals surface area contributed by atoms with E-state index < -0.39 is 0 Å². The van der Waals surface area contributed by atoms with Crippen LogP contribution in [0.15, 0.2) is 0 Å². The van der Waals surface area contributed by atoms with Crippen molar-refractivity contribution in [2.24, 2.45) is 0 Å². The van der Waals surface area contributed by atoms with Crippen molar-refractivity contribution in [2.75, 3.05) is 54.4 Å². The van der Waals surface area contributed by atoms with Gasteiger partial charge in [-0.25, -0.2) is 0 Å². The molecule has 34 heavy (non-hydrogen) atoms. The monoisotopic (exact) mass is 612 g/mol. The first-order chi connectivity index (χ1) is 15.3. The van der Waals surface area contributed by atoms with Gasteiger partial charge in [-0.1, -0.05) is 90.9 Å². The van der Waals surface area contributed by atoms with E-state index in [1.54, 1.807) is 0 Å². The van der Waals surface area contributed by atoms with Crippen LogP contribution in [0, 0.1) is 0 Å². The molecule has 0 aromatic rings. The molecule has 0 aromatic carbocycles. The number of hydrogen-bond donors (Lipinski definition) is 0. The number of rotatable bonds is 25. The van der Waals surface area contributed by atoms with Crippen molar-refractivity contribution in [2.45, 2.75) is 142 Å². The third kappa shape index (κ3) is 29.1. The van der Waals surface area contributed by atoms with E-state index in [1.165, 1.54) is 164 Å². The molecule has 0 heterocycles. The van der Waals surface area contributed by atoms with Gasteiger partial charge in [-0.15, -0.1) is 0 Å². The Balaban J connectivity index is -0.00000480. The summed E-state index contributed by atoms with van der Waals surface area (Å²) in [5, 5.41) is 0. The minimum atomic E-state index is 0. The Kier molecular flexibility index (Phi) is 31.2.